The average molecular weight is 419 g/mol. The van der Waals surface area contributed by atoms with Crippen molar-refractivity contribution in [3.05, 3.63) is 77.3 Å². The van der Waals surface area contributed by atoms with E-state index < -0.39 is 5.91 Å². The van der Waals surface area contributed by atoms with Gasteiger partial charge in [-0.25, -0.2) is 10.5 Å². The van der Waals surface area contributed by atoms with Gasteiger partial charge >= 0.3 is 0 Å². The van der Waals surface area contributed by atoms with E-state index in [9.17, 15) is 4.79 Å². The monoisotopic (exact) mass is 418 g/mol. The molecule has 4 rings (SSSR count). The first kappa shape index (κ1) is 20.7. The van der Waals surface area contributed by atoms with Crippen LogP contribution in [-0.2, 0) is 11.2 Å². The van der Waals surface area contributed by atoms with Gasteiger partial charge in [-0.3, -0.25) is 15.0 Å². The van der Waals surface area contributed by atoms with E-state index in [-0.39, 0.29) is 18.4 Å². The van der Waals surface area contributed by atoms with Gasteiger partial charge in [0.1, 0.15) is 11.9 Å². The lowest BCUT2D eigenvalue weighted by atomic mass is 10.0. The molecule has 0 aliphatic carbocycles. The number of aromatic nitrogens is 2. The molecule has 1 atom stereocenters. The summed E-state index contributed by atoms with van der Waals surface area (Å²) in [6, 6.07) is 16.6. The van der Waals surface area contributed by atoms with Crippen molar-refractivity contribution in [3.63, 3.8) is 0 Å². The molecule has 160 valence electrons. The number of nitrogens with zero attached hydrogens (tertiary/aromatic N) is 4. The molecule has 3 N–H and O–H groups in total. The maximum Gasteiger partial charge on any atom is 0.247 e. The van der Waals surface area contributed by atoms with Crippen LogP contribution in [0.1, 0.15) is 43.3 Å². The number of hydrogen-bond donors (Lipinski definition) is 3. The van der Waals surface area contributed by atoms with Crippen LogP contribution in [0.3, 0.4) is 0 Å². The highest BCUT2D eigenvalue weighted by Gasteiger charge is 2.29. The van der Waals surface area contributed by atoms with Crippen molar-refractivity contribution < 1.29 is 10.0 Å². The number of aromatic amines is 1. The van der Waals surface area contributed by atoms with Crippen molar-refractivity contribution in [1.82, 2.24) is 20.5 Å². The molecule has 0 saturated carbocycles. The fourth-order valence-electron chi connectivity index (χ4n) is 3.82. The minimum atomic E-state index is -0.481. The number of fused-ring (bicyclic) bond motifs is 1. The summed E-state index contributed by atoms with van der Waals surface area (Å²) in [6.07, 6.45) is 2.59. The van der Waals surface area contributed by atoms with Gasteiger partial charge in [-0.15, -0.1) is 5.11 Å². The van der Waals surface area contributed by atoms with Crippen molar-refractivity contribution in [2.24, 2.45) is 16.3 Å². The normalized spacial score (nSPS) is 15.9. The number of imidazole rings is 1. The van der Waals surface area contributed by atoms with Crippen molar-refractivity contribution in [2.75, 3.05) is 6.54 Å². The molecule has 8 heteroatoms. The number of nitrogens with one attached hydrogen (secondary N) is 2. The predicted octanol–water partition coefficient (Wildman–Crippen LogP) is 4.31. The Hall–Kier alpha value is -3.52. The first-order chi connectivity index (χ1) is 15.0. The van der Waals surface area contributed by atoms with Crippen LogP contribution in [0.2, 0.25) is 0 Å². The molecular weight excluding hydrogens is 392 g/mol. The largest absolute Gasteiger partial charge is 0.340 e. The minimum absolute atomic E-state index is 0.0554. The first-order valence-corrected chi connectivity index (χ1v) is 10.4. The zero-order valence-electron chi connectivity index (χ0n) is 17.6. The number of amides is 1. The Morgan fingerprint density at radius 1 is 1.23 bits per heavy atom. The lowest BCUT2D eigenvalue weighted by molar-refractivity contribution is -0.128. The molecule has 0 bridgehead atoms. The lowest BCUT2D eigenvalue weighted by Crippen LogP contribution is -2.27. The molecule has 2 aromatic carbocycles. The van der Waals surface area contributed by atoms with Gasteiger partial charge in [0.15, 0.2) is 0 Å². The quantitative estimate of drug-likeness (QED) is 0.392. The third kappa shape index (κ3) is 4.80. The molecule has 0 spiro atoms. The van der Waals surface area contributed by atoms with Crippen molar-refractivity contribution >= 4 is 16.9 Å². The summed E-state index contributed by atoms with van der Waals surface area (Å²) in [6.45, 7) is 4.72. The molecule has 1 amide bonds. The third-order valence-electron chi connectivity index (χ3n) is 5.31. The second-order valence-corrected chi connectivity index (χ2v) is 8.05. The van der Waals surface area contributed by atoms with Crippen LogP contribution in [0.4, 0.5) is 0 Å². The van der Waals surface area contributed by atoms with Crippen LogP contribution in [-0.4, -0.2) is 32.6 Å². The minimum Gasteiger partial charge on any atom is -0.340 e. The highest BCUT2D eigenvalue weighted by Crippen LogP contribution is 2.32. The van der Waals surface area contributed by atoms with Gasteiger partial charge < -0.3 is 4.98 Å². The number of H-pyrrole nitrogens is 1. The standard InChI is InChI=1S/C23H26N6O2/c1-15(2)22(29-14-18(26-28-29)9-11-21(30)27-31)23-24-19-10-8-17(13-20(19)25-23)12-16-6-4-3-5-7-16/h3-10,13,15,22,31H,11-12,14H2,1-2H3,(H,24,25)(H,27,30)/b18-9-. The molecular formula is C23H26N6O2. The van der Waals surface area contributed by atoms with E-state index in [1.165, 1.54) is 11.1 Å². The number of carbonyl (C=O) groups is 1. The van der Waals surface area contributed by atoms with Crippen LogP contribution in [0.15, 0.2) is 70.6 Å². The Morgan fingerprint density at radius 3 is 2.77 bits per heavy atom. The number of hydrogen-bond acceptors (Lipinski definition) is 6. The average Bonchev–Trinajstić information content (AvgIpc) is 3.39. The summed E-state index contributed by atoms with van der Waals surface area (Å²) < 4.78 is 0. The summed E-state index contributed by atoms with van der Waals surface area (Å²) in [5, 5.41) is 19.0. The van der Waals surface area contributed by atoms with E-state index in [4.69, 9.17) is 10.2 Å². The molecule has 2 heterocycles. The van der Waals surface area contributed by atoms with Gasteiger partial charge in [0, 0.05) is 6.42 Å². The highest BCUT2D eigenvalue weighted by atomic mass is 16.5. The van der Waals surface area contributed by atoms with Crippen LogP contribution < -0.4 is 5.48 Å². The molecule has 0 fully saturated rings. The SMILES string of the molecule is CC(C)C(c1nc2ccc(Cc3ccccc3)cc2[nH]1)N1C/C(=C/CC(=O)NO)N=N1. The predicted molar refractivity (Wildman–Crippen MR) is 117 cm³/mol. The Labute approximate surface area is 180 Å². The van der Waals surface area contributed by atoms with Crippen molar-refractivity contribution in [1.29, 1.82) is 0 Å². The van der Waals surface area contributed by atoms with Gasteiger partial charge in [0.05, 0.1) is 23.3 Å². The van der Waals surface area contributed by atoms with E-state index in [1.807, 2.05) is 11.1 Å². The zero-order valence-corrected chi connectivity index (χ0v) is 17.6. The van der Waals surface area contributed by atoms with E-state index in [1.54, 1.807) is 11.6 Å². The highest BCUT2D eigenvalue weighted by molar-refractivity contribution is 5.76. The van der Waals surface area contributed by atoms with Crippen LogP contribution >= 0.6 is 0 Å². The molecule has 3 aromatic rings. The second-order valence-electron chi connectivity index (χ2n) is 8.05. The van der Waals surface area contributed by atoms with E-state index in [0.29, 0.717) is 12.2 Å². The Morgan fingerprint density at radius 2 is 2.03 bits per heavy atom. The summed E-state index contributed by atoms with van der Waals surface area (Å²) in [5.41, 5.74) is 6.73. The zero-order chi connectivity index (χ0) is 21.8. The first-order valence-electron chi connectivity index (χ1n) is 10.4. The van der Waals surface area contributed by atoms with Crippen molar-refractivity contribution in [3.8, 4) is 0 Å². The number of rotatable bonds is 7. The fourth-order valence-corrected chi connectivity index (χ4v) is 3.82. The molecule has 31 heavy (non-hydrogen) atoms. The summed E-state index contributed by atoms with van der Waals surface area (Å²) >= 11 is 0. The molecule has 1 aliphatic rings. The van der Waals surface area contributed by atoms with E-state index >= 15 is 0 Å². The van der Waals surface area contributed by atoms with E-state index in [2.05, 4.69) is 71.6 Å². The second kappa shape index (κ2) is 9.09. The maximum absolute atomic E-state index is 11.2. The molecule has 1 aliphatic heterocycles. The lowest BCUT2D eigenvalue weighted by Gasteiger charge is -2.26. The number of carbonyl (C=O) groups excluding carboxylic acids is 1. The molecule has 0 radical (unpaired) electrons. The summed E-state index contributed by atoms with van der Waals surface area (Å²) in [7, 11) is 0. The van der Waals surface area contributed by atoms with Crippen LogP contribution in [0.25, 0.3) is 11.0 Å². The Kier molecular flexibility index (Phi) is 6.08. The topological polar surface area (TPSA) is 106 Å². The summed E-state index contributed by atoms with van der Waals surface area (Å²) in [4.78, 5) is 19.6. The van der Waals surface area contributed by atoms with Gasteiger partial charge in [-0.05, 0) is 41.7 Å². The smallest absolute Gasteiger partial charge is 0.247 e. The molecule has 8 nitrogen and oxygen atoms in total. The molecule has 1 unspecified atom stereocenters. The van der Waals surface area contributed by atoms with Crippen molar-refractivity contribution in [2.45, 2.75) is 32.7 Å². The molecule has 0 saturated heterocycles. The van der Waals surface area contributed by atoms with Crippen LogP contribution in [0.5, 0.6) is 0 Å². The van der Waals surface area contributed by atoms with Gasteiger partial charge in [-0.1, -0.05) is 55.5 Å². The summed E-state index contributed by atoms with van der Waals surface area (Å²) in [5.74, 6) is 0.601. The van der Waals surface area contributed by atoms with Crippen LogP contribution in [0, 0.1) is 5.92 Å². The molecule has 1 aromatic heterocycles. The Balaban J connectivity index is 1.54. The Bertz CT molecular complexity index is 1120. The third-order valence-corrected chi connectivity index (χ3v) is 5.31. The number of hydroxylamine groups is 1. The number of benzene rings is 2. The van der Waals surface area contributed by atoms with Gasteiger partial charge in [0.25, 0.3) is 0 Å². The van der Waals surface area contributed by atoms with Gasteiger partial charge in [-0.2, -0.15) is 0 Å². The van der Waals surface area contributed by atoms with E-state index in [0.717, 1.165) is 23.3 Å². The fraction of sp³-hybridized carbons (Fsp3) is 0.304. The maximum atomic E-state index is 11.2. The van der Waals surface area contributed by atoms with Gasteiger partial charge in [0.2, 0.25) is 5.91 Å².